The van der Waals surface area contributed by atoms with Crippen molar-refractivity contribution in [1.29, 1.82) is 0 Å². The lowest BCUT2D eigenvalue weighted by Crippen LogP contribution is -2.57. The lowest BCUT2D eigenvalue weighted by molar-refractivity contribution is -0.0104. The van der Waals surface area contributed by atoms with Crippen molar-refractivity contribution in [1.82, 2.24) is 0 Å². The number of phenolic OH excluding ortho intramolecular Hbond substituents is 1. The van der Waals surface area contributed by atoms with E-state index in [1.807, 2.05) is 12.1 Å². The SMILES string of the molecule is CCC1(CC)c2cc(O)ccc2C[C@@H](OCCO)[C@@H]1N. The van der Waals surface area contributed by atoms with Gasteiger partial charge in [-0.05, 0) is 36.1 Å². The summed E-state index contributed by atoms with van der Waals surface area (Å²) in [4.78, 5) is 0. The van der Waals surface area contributed by atoms with Crippen molar-refractivity contribution in [2.24, 2.45) is 5.73 Å². The molecule has 0 radical (unpaired) electrons. The fourth-order valence-electron chi connectivity index (χ4n) is 3.55. The van der Waals surface area contributed by atoms with Crippen LogP contribution in [0.5, 0.6) is 5.75 Å². The fraction of sp³-hybridized carbons (Fsp3) is 0.625. The van der Waals surface area contributed by atoms with E-state index in [1.54, 1.807) is 6.07 Å². The highest BCUT2D eigenvalue weighted by Gasteiger charge is 2.45. The number of fused-ring (bicyclic) bond motifs is 1. The van der Waals surface area contributed by atoms with Crippen LogP contribution < -0.4 is 5.73 Å². The van der Waals surface area contributed by atoms with Gasteiger partial charge in [0.15, 0.2) is 0 Å². The average Bonchev–Trinajstić information content (AvgIpc) is 2.46. The molecule has 0 saturated heterocycles. The number of ether oxygens (including phenoxy) is 1. The van der Waals surface area contributed by atoms with Crippen molar-refractivity contribution < 1.29 is 14.9 Å². The fourth-order valence-corrected chi connectivity index (χ4v) is 3.55. The van der Waals surface area contributed by atoms with Crippen molar-refractivity contribution in [3.8, 4) is 5.75 Å². The molecule has 1 aromatic rings. The molecule has 0 unspecified atom stereocenters. The highest BCUT2D eigenvalue weighted by atomic mass is 16.5. The molecule has 20 heavy (non-hydrogen) atoms. The van der Waals surface area contributed by atoms with Gasteiger partial charge in [0.1, 0.15) is 5.75 Å². The number of nitrogens with two attached hydrogens (primary N) is 1. The zero-order chi connectivity index (χ0) is 14.8. The van der Waals surface area contributed by atoms with Gasteiger partial charge in [-0.2, -0.15) is 0 Å². The summed E-state index contributed by atoms with van der Waals surface area (Å²) >= 11 is 0. The second-order valence-electron chi connectivity index (χ2n) is 5.57. The number of hydrogen-bond acceptors (Lipinski definition) is 4. The molecule has 4 heteroatoms. The largest absolute Gasteiger partial charge is 0.508 e. The Morgan fingerprint density at radius 3 is 2.65 bits per heavy atom. The first-order chi connectivity index (χ1) is 9.58. The molecular formula is C16H25NO3. The number of rotatable bonds is 5. The summed E-state index contributed by atoms with van der Waals surface area (Å²) in [5, 5.41) is 18.8. The van der Waals surface area contributed by atoms with Crippen molar-refractivity contribution in [2.75, 3.05) is 13.2 Å². The molecule has 4 nitrogen and oxygen atoms in total. The second-order valence-corrected chi connectivity index (χ2v) is 5.57. The molecule has 112 valence electrons. The molecular weight excluding hydrogens is 254 g/mol. The molecule has 0 aromatic heterocycles. The van der Waals surface area contributed by atoms with Crippen LogP contribution in [-0.4, -0.2) is 35.6 Å². The topological polar surface area (TPSA) is 75.7 Å². The monoisotopic (exact) mass is 279 g/mol. The Morgan fingerprint density at radius 1 is 1.35 bits per heavy atom. The number of hydrogen-bond donors (Lipinski definition) is 3. The number of phenols is 1. The third-order valence-corrected chi connectivity index (χ3v) is 4.77. The van der Waals surface area contributed by atoms with Gasteiger partial charge in [0.2, 0.25) is 0 Å². The summed E-state index contributed by atoms with van der Waals surface area (Å²) in [6, 6.07) is 5.41. The molecule has 0 saturated carbocycles. The van der Waals surface area contributed by atoms with Crippen LogP contribution in [0.15, 0.2) is 18.2 Å². The van der Waals surface area contributed by atoms with Crippen LogP contribution in [0.4, 0.5) is 0 Å². The van der Waals surface area contributed by atoms with E-state index >= 15 is 0 Å². The Hall–Kier alpha value is -1.10. The average molecular weight is 279 g/mol. The van der Waals surface area contributed by atoms with Crippen LogP contribution in [0.2, 0.25) is 0 Å². The zero-order valence-corrected chi connectivity index (χ0v) is 12.3. The van der Waals surface area contributed by atoms with Crippen molar-refractivity contribution in [3.63, 3.8) is 0 Å². The van der Waals surface area contributed by atoms with E-state index in [2.05, 4.69) is 13.8 Å². The van der Waals surface area contributed by atoms with Gasteiger partial charge in [-0.15, -0.1) is 0 Å². The predicted octanol–water partition coefficient (Wildman–Crippen LogP) is 1.71. The number of aromatic hydroxyl groups is 1. The minimum absolute atomic E-state index is 0.0108. The van der Waals surface area contributed by atoms with Crippen molar-refractivity contribution >= 4 is 0 Å². The van der Waals surface area contributed by atoms with E-state index < -0.39 is 0 Å². The van der Waals surface area contributed by atoms with Gasteiger partial charge in [-0.25, -0.2) is 0 Å². The first-order valence-corrected chi connectivity index (χ1v) is 7.39. The van der Waals surface area contributed by atoms with Gasteiger partial charge in [0.25, 0.3) is 0 Å². The van der Waals surface area contributed by atoms with Gasteiger partial charge in [-0.1, -0.05) is 19.9 Å². The van der Waals surface area contributed by atoms with Crippen LogP contribution in [0.3, 0.4) is 0 Å². The van der Waals surface area contributed by atoms with Crippen LogP contribution in [0, 0.1) is 0 Å². The minimum atomic E-state index is -0.174. The Balaban J connectivity index is 2.45. The highest BCUT2D eigenvalue weighted by molar-refractivity contribution is 5.44. The Kier molecular flexibility index (Phi) is 4.68. The third-order valence-electron chi connectivity index (χ3n) is 4.77. The van der Waals surface area contributed by atoms with Gasteiger partial charge >= 0.3 is 0 Å². The molecule has 1 aromatic carbocycles. The van der Waals surface area contributed by atoms with Crippen molar-refractivity contribution in [2.45, 2.75) is 50.7 Å². The molecule has 0 heterocycles. The van der Waals surface area contributed by atoms with Crippen LogP contribution in [0.1, 0.15) is 37.8 Å². The van der Waals surface area contributed by atoms with Crippen LogP contribution >= 0.6 is 0 Å². The van der Waals surface area contributed by atoms with Gasteiger partial charge in [0.05, 0.1) is 19.3 Å². The van der Waals surface area contributed by atoms with Gasteiger partial charge in [0, 0.05) is 17.9 Å². The van der Waals surface area contributed by atoms with E-state index in [1.165, 1.54) is 5.56 Å². The Labute approximate surface area is 120 Å². The number of aliphatic hydroxyl groups is 1. The maximum Gasteiger partial charge on any atom is 0.115 e. The molecule has 0 bridgehead atoms. The summed E-state index contributed by atoms with van der Waals surface area (Å²) in [5.41, 5.74) is 8.67. The molecule has 4 N–H and O–H groups in total. The highest BCUT2D eigenvalue weighted by Crippen LogP contribution is 2.43. The molecule has 0 aliphatic heterocycles. The van der Waals surface area contributed by atoms with Crippen LogP contribution in [-0.2, 0) is 16.6 Å². The summed E-state index contributed by atoms with van der Waals surface area (Å²) in [6.45, 7) is 4.59. The first kappa shape index (κ1) is 15.3. The first-order valence-electron chi connectivity index (χ1n) is 7.39. The maximum atomic E-state index is 9.80. The molecule has 0 fully saturated rings. The quantitative estimate of drug-likeness (QED) is 0.767. The lowest BCUT2D eigenvalue weighted by atomic mass is 9.63. The smallest absolute Gasteiger partial charge is 0.115 e. The molecule has 1 aliphatic rings. The Morgan fingerprint density at radius 2 is 2.05 bits per heavy atom. The zero-order valence-electron chi connectivity index (χ0n) is 12.3. The molecule has 1 aliphatic carbocycles. The second kappa shape index (κ2) is 6.12. The van der Waals surface area contributed by atoms with E-state index in [4.69, 9.17) is 15.6 Å². The summed E-state index contributed by atoms with van der Waals surface area (Å²) in [6.07, 6.45) is 2.46. The molecule has 0 spiro atoms. The van der Waals surface area contributed by atoms with Crippen molar-refractivity contribution in [3.05, 3.63) is 29.3 Å². The number of aliphatic hydroxyl groups excluding tert-OH is 1. The van der Waals surface area contributed by atoms with Gasteiger partial charge < -0.3 is 20.7 Å². The van der Waals surface area contributed by atoms with E-state index in [0.29, 0.717) is 6.61 Å². The Bertz CT molecular complexity index is 457. The summed E-state index contributed by atoms with van der Waals surface area (Å²) in [7, 11) is 0. The number of benzene rings is 1. The van der Waals surface area contributed by atoms with E-state index in [0.717, 1.165) is 24.8 Å². The van der Waals surface area contributed by atoms with Crippen LogP contribution in [0.25, 0.3) is 0 Å². The normalized spacial score (nSPS) is 24.4. The maximum absolute atomic E-state index is 9.80. The van der Waals surface area contributed by atoms with E-state index in [9.17, 15) is 5.11 Å². The molecule has 2 rings (SSSR count). The molecule has 0 amide bonds. The third kappa shape index (κ3) is 2.43. The van der Waals surface area contributed by atoms with E-state index in [-0.39, 0.29) is 29.9 Å². The minimum Gasteiger partial charge on any atom is -0.508 e. The summed E-state index contributed by atoms with van der Waals surface area (Å²) < 4.78 is 5.75. The lowest BCUT2D eigenvalue weighted by Gasteiger charge is -2.47. The standard InChI is InChI=1S/C16H25NO3/c1-3-16(4-2)13-10-12(19)6-5-11(13)9-14(15(16)17)20-8-7-18/h5-6,10,14-15,18-19H,3-4,7-9,17H2,1-2H3/t14-,15+/m1/s1. The summed E-state index contributed by atoms with van der Waals surface area (Å²) in [5.74, 6) is 0.289. The van der Waals surface area contributed by atoms with Gasteiger partial charge in [-0.3, -0.25) is 0 Å². The molecule has 2 atom stereocenters. The predicted molar refractivity (Wildman–Crippen MR) is 78.9 cm³/mol.